The van der Waals surface area contributed by atoms with Crippen LogP contribution in [0.2, 0.25) is 0 Å². The molecule has 1 fully saturated rings. The Morgan fingerprint density at radius 2 is 1.80 bits per heavy atom. The van der Waals surface area contributed by atoms with Crippen LogP contribution in [-0.2, 0) is 11.3 Å². The molecular formula is C20H22N4O. The molecule has 1 aliphatic carbocycles. The number of hydrogen-bond acceptors (Lipinski definition) is 3. The van der Waals surface area contributed by atoms with Crippen LogP contribution in [0, 0.1) is 5.92 Å². The largest absolute Gasteiger partial charge is 0.326 e. The van der Waals surface area contributed by atoms with E-state index in [1.165, 1.54) is 19.3 Å². The lowest BCUT2D eigenvalue weighted by Crippen LogP contribution is -2.24. The van der Waals surface area contributed by atoms with E-state index in [2.05, 4.69) is 15.6 Å². The highest BCUT2D eigenvalue weighted by Gasteiger charge is 2.20. The normalized spacial score (nSPS) is 15.4. The number of para-hydroxylation sites is 1. The molecule has 0 saturated heterocycles. The first-order valence-corrected chi connectivity index (χ1v) is 8.98. The molecule has 1 amide bonds. The van der Waals surface area contributed by atoms with Crippen molar-refractivity contribution in [3.05, 3.63) is 54.1 Å². The maximum Gasteiger partial charge on any atom is 0.227 e. The quantitative estimate of drug-likeness (QED) is 0.784. The molecule has 5 heteroatoms. The highest BCUT2D eigenvalue weighted by molar-refractivity contribution is 5.92. The number of hydrogen-bond donors (Lipinski definition) is 1. The molecule has 3 aromatic rings. The van der Waals surface area contributed by atoms with Crippen LogP contribution in [0.4, 0.5) is 5.69 Å². The summed E-state index contributed by atoms with van der Waals surface area (Å²) in [6.07, 6.45) is 5.63. The van der Waals surface area contributed by atoms with E-state index >= 15 is 0 Å². The molecule has 1 aliphatic rings. The Hall–Kier alpha value is -2.69. The lowest BCUT2D eigenvalue weighted by molar-refractivity contribution is -0.120. The Morgan fingerprint density at radius 3 is 2.60 bits per heavy atom. The third kappa shape index (κ3) is 3.55. The Morgan fingerprint density at radius 1 is 1.04 bits per heavy atom. The topological polar surface area (TPSA) is 59.8 Å². The fourth-order valence-corrected chi connectivity index (χ4v) is 3.51. The van der Waals surface area contributed by atoms with Crippen LogP contribution >= 0.6 is 0 Å². The van der Waals surface area contributed by atoms with Gasteiger partial charge in [-0.15, -0.1) is 5.10 Å². The average molecular weight is 334 g/mol. The first-order chi connectivity index (χ1) is 12.3. The number of amides is 1. The van der Waals surface area contributed by atoms with Gasteiger partial charge in [-0.1, -0.05) is 48.7 Å². The molecule has 0 spiro atoms. The van der Waals surface area contributed by atoms with E-state index in [9.17, 15) is 4.79 Å². The molecule has 1 aromatic heterocycles. The van der Waals surface area contributed by atoms with Gasteiger partial charge in [-0.2, -0.15) is 0 Å². The van der Waals surface area contributed by atoms with E-state index in [1.54, 1.807) is 0 Å². The number of rotatable bonds is 4. The van der Waals surface area contributed by atoms with Crippen molar-refractivity contribution in [2.75, 3.05) is 5.32 Å². The summed E-state index contributed by atoms with van der Waals surface area (Å²) in [5.41, 5.74) is 3.92. The Balaban J connectivity index is 1.42. The Labute approximate surface area is 147 Å². The summed E-state index contributed by atoms with van der Waals surface area (Å²) in [4.78, 5) is 12.3. The van der Waals surface area contributed by atoms with Gasteiger partial charge in [0, 0.05) is 11.6 Å². The highest BCUT2D eigenvalue weighted by atomic mass is 16.1. The zero-order chi connectivity index (χ0) is 17.1. The van der Waals surface area contributed by atoms with Crippen LogP contribution in [0.25, 0.3) is 11.0 Å². The maximum atomic E-state index is 12.3. The van der Waals surface area contributed by atoms with Crippen LogP contribution in [0.15, 0.2) is 48.5 Å². The minimum absolute atomic E-state index is 0.162. The average Bonchev–Trinajstić information content (AvgIpc) is 3.07. The molecule has 0 unspecified atom stereocenters. The number of benzene rings is 2. The summed E-state index contributed by atoms with van der Waals surface area (Å²) in [6, 6.07) is 15.9. The summed E-state index contributed by atoms with van der Waals surface area (Å²) in [5, 5.41) is 11.5. The van der Waals surface area contributed by atoms with Crippen molar-refractivity contribution in [2.24, 2.45) is 5.92 Å². The predicted molar refractivity (Wildman–Crippen MR) is 98.3 cm³/mol. The van der Waals surface area contributed by atoms with Crippen molar-refractivity contribution in [3.8, 4) is 0 Å². The van der Waals surface area contributed by atoms with Gasteiger partial charge in [0.15, 0.2) is 0 Å². The van der Waals surface area contributed by atoms with Crippen molar-refractivity contribution >= 4 is 22.6 Å². The van der Waals surface area contributed by atoms with E-state index in [0.29, 0.717) is 6.54 Å². The molecule has 0 bridgehead atoms. The van der Waals surface area contributed by atoms with Crippen LogP contribution in [0.3, 0.4) is 0 Å². The van der Waals surface area contributed by atoms with Gasteiger partial charge < -0.3 is 5.32 Å². The lowest BCUT2D eigenvalue weighted by atomic mass is 9.88. The zero-order valence-corrected chi connectivity index (χ0v) is 14.2. The third-order valence-corrected chi connectivity index (χ3v) is 4.95. The summed E-state index contributed by atoms with van der Waals surface area (Å²) < 4.78 is 1.89. The SMILES string of the molecule is O=C(Nc1ccc(Cn2nnc3ccccc32)cc1)C1CCCCC1. The molecule has 1 N–H and O–H groups in total. The molecule has 0 radical (unpaired) electrons. The molecule has 1 heterocycles. The van der Waals surface area contributed by atoms with Gasteiger partial charge in [-0.3, -0.25) is 4.79 Å². The number of nitrogens with zero attached hydrogens (tertiary/aromatic N) is 3. The molecule has 0 atom stereocenters. The van der Waals surface area contributed by atoms with E-state index in [1.807, 2.05) is 53.2 Å². The number of carbonyl (C=O) groups excluding carboxylic acids is 1. The van der Waals surface area contributed by atoms with Crippen molar-refractivity contribution in [1.29, 1.82) is 0 Å². The van der Waals surface area contributed by atoms with Gasteiger partial charge in [0.25, 0.3) is 0 Å². The molecule has 25 heavy (non-hydrogen) atoms. The Kier molecular flexibility index (Phi) is 4.46. The minimum Gasteiger partial charge on any atom is -0.326 e. The number of nitrogens with one attached hydrogen (secondary N) is 1. The maximum absolute atomic E-state index is 12.3. The fraction of sp³-hybridized carbons (Fsp3) is 0.350. The van der Waals surface area contributed by atoms with Crippen molar-refractivity contribution in [1.82, 2.24) is 15.0 Å². The van der Waals surface area contributed by atoms with E-state index in [0.717, 1.165) is 35.1 Å². The molecule has 128 valence electrons. The standard InChI is InChI=1S/C20H22N4O/c25-20(16-6-2-1-3-7-16)21-17-12-10-15(11-13-17)14-24-19-9-5-4-8-18(19)22-23-24/h4-5,8-13,16H,1-3,6-7,14H2,(H,21,25). The minimum atomic E-state index is 0.162. The van der Waals surface area contributed by atoms with Crippen LogP contribution in [0.1, 0.15) is 37.7 Å². The van der Waals surface area contributed by atoms with Crippen molar-refractivity contribution in [2.45, 2.75) is 38.6 Å². The molecule has 2 aromatic carbocycles. The lowest BCUT2D eigenvalue weighted by Gasteiger charge is -2.20. The molecule has 5 nitrogen and oxygen atoms in total. The number of carbonyl (C=O) groups is 1. The van der Waals surface area contributed by atoms with Gasteiger partial charge >= 0.3 is 0 Å². The molecule has 4 rings (SSSR count). The summed E-state index contributed by atoms with van der Waals surface area (Å²) in [7, 11) is 0. The number of anilines is 1. The monoisotopic (exact) mass is 334 g/mol. The third-order valence-electron chi connectivity index (χ3n) is 4.95. The molecule has 0 aliphatic heterocycles. The Bertz CT molecular complexity index is 863. The molecular weight excluding hydrogens is 312 g/mol. The second kappa shape index (κ2) is 7.05. The first-order valence-electron chi connectivity index (χ1n) is 8.98. The van der Waals surface area contributed by atoms with Gasteiger partial charge in [0.05, 0.1) is 12.1 Å². The second-order valence-electron chi connectivity index (χ2n) is 6.76. The fourth-order valence-electron chi connectivity index (χ4n) is 3.51. The first kappa shape index (κ1) is 15.8. The van der Waals surface area contributed by atoms with Crippen molar-refractivity contribution < 1.29 is 4.79 Å². The van der Waals surface area contributed by atoms with Gasteiger partial charge in [-0.05, 0) is 42.7 Å². The van der Waals surface area contributed by atoms with Crippen LogP contribution < -0.4 is 5.32 Å². The van der Waals surface area contributed by atoms with E-state index < -0.39 is 0 Å². The molecule has 1 saturated carbocycles. The van der Waals surface area contributed by atoms with Gasteiger partial charge in [0.1, 0.15) is 5.52 Å². The summed E-state index contributed by atoms with van der Waals surface area (Å²) >= 11 is 0. The van der Waals surface area contributed by atoms with Crippen LogP contribution in [0.5, 0.6) is 0 Å². The summed E-state index contributed by atoms with van der Waals surface area (Å²) in [6.45, 7) is 0.664. The predicted octanol–water partition coefficient (Wildman–Crippen LogP) is 4.00. The van der Waals surface area contributed by atoms with E-state index in [4.69, 9.17) is 0 Å². The zero-order valence-electron chi connectivity index (χ0n) is 14.2. The van der Waals surface area contributed by atoms with Crippen LogP contribution in [-0.4, -0.2) is 20.9 Å². The second-order valence-corrected chi connectivity index (χ2v) is 6.76. The summed E-state index contributed by atoms with van der Waals surface area (Å²) in [5.74, 6) is 0.338. The van der Waals surface area contributed by atoms with Gasteiger partial charge in [-0.25, -0.2) is 4.68 Å². The smallest absolute Gasteiger partial charge is 0.227 e. The van der Waals surface area contributed by atoms with Crippen molar-refractivity contribution in [3.63, 3.8) is 0 Å². The van der Waals surface area contributed by atoms with E-state index in [-0.39, 0.29) is 11.8 Å². The van der Waals surface area contributed by atoms with Gasteiger partial charge in [0.2, 0.25) is 5.91 Å². The number of aromatic nitrogens is 3. The highest BCUT2D eigenvalue weighted by Crippen LogP contribution is 2.25. The number of fused-ring (bicyclic) bond motifs is 1.